The predicted octanol–water partition coefficient (Wildman–Crippen LogP) is 24.3. The van der Waals surface area contributed by atoms with Crippen molar-refractivity contribution in [3.8, 4) is 0 Å². The van der Waals surface area contributed by atoms with Gasteiger partial charge in [0.15, 0.2) is 6.10 Å². The molecule has 0 fully saturated rings. The third-order valence-electron chi connectivity index (χ3n) is 15.0. The van der Waals surface area contributed by atoms with Crippen LogP contribution in [-0.4, -0.2) is 37.2 Å². The number of unbranched alkanes of at least 4 members (excludes halogenated alkanes) is 32. The van der Waals surface area contributed by atoms with E-state index in [4.69, 9.17) is 14.2 Å². The Morgan fingerprint density at radius 1 is 0.253 bits per heavy atom. The Labute approximate surface area is 513 Å². The van der Waals surface area contributed by atoms with Gasteiger partial charge in [0.1, 0.15) is 13.2 Å². The maximum Gasteiger partial charge on any atom is 0.306 e. The molecule has 0 spiro atoms. The number of hydrogen-bond acceptors (Lipinski definition) is 6. The van der Waals surface area contributed by atoms with E-state index in [0.717, 1.165) is 135 Å². The molecule has 0 aromatic rings. The monoisotopic (exact) mass is 1150 g/mol. The lowest BCUT2D eigenvalue weighted by Crippen LogP contribution is -2.30. The number of carbonyl (C=O) groups is 3. The molecular weight excluding hydrogens is 1020 g/mol. The summed E-state index contributed by atoms with van der Waals surface area (Å²) in [6, 6.07) is 0. The van der Waals surface area contributed by atoms with E-state index in [1.54, 1.807) is 0 Å². The number of esters is 3. The van der Waals surface area contributed by atoms with Crippen molar-refractivity contribution in [1.29, 1.82) is 0 Å². The quantitative estimate of drug-likeness (QED) is 0.0261. The van der Waals surface area contributed by atoms with Crippen molar-refractivity contribution in [3.63, 3.8) is 0 Å². The van der Waals surface area contributed by atoms with Gasteiger partial charge in [0.2, 0.25) is 0 Å². The molecule has 0 heterocycles. The largest absolute Gasteiger partial charge is 0.462 e. The molecule has 0 aliphatic heterocycles. The standard InChI is InChI=1S/C77H130O6/c1-4-7-10-13-16-19-22-24-26-28-30-32-33-34-35-36-37-38-39-40-41-42-43-45-46-48-50-52-55-58-61-64-67-70-76(79)82-73-74(72-81-75(78)69-66-63-60-57-54-21-18-15-12-9-6-3)83-77(80)71-68-65-62-59-56-53-51-49-47-44-31-29-27-25-23-20-17-14-11-8-5-2/h7,10,16,19,24,26,29-32,34-35,37-38,40-41,43,45,48,50,74H,4-6,8-9,11-15,17-18,20-23,25,27-28,33,36,39,42,44,46-47,49,51-73H2,1-3H3/b10-7-,19-16-,26-24-,31-29-,32-30-,35-34-,38-37-,41-40-,45-43-,50-48-. The second kappa shape index (κ2) is 70.3. The van der Waals surface area contributed by atoms with Gasteiger partial charge >= 0.3 is 17.9 Å². The molecule has 0 aliphatic carbocycles. The fraction of sp³-hybridized carbons (Fsp3) is 0.701. The SMILES string of the molecule is CC/C=C\C/C=C\C/C=C\C/C=C\C/C=C\C/C=C\C/C=C\C/C=C\C/C=C\CCCCCCCC(=O)OCC(COC(=O)CCCCCCCCCCCCC)OC(=O)CCCCCCCCCCC/C=C\CCCCCCCCCC. The highest BCUT2D eigenvalue weighted by Gasteiger charge is 2.19. The van der Waals surface area contributed by atoms with Crippen molar-refractivity contribution in [2.24, 2.45) is 0 Å². The number of allylic oxidation sites excluding steroid dienone is 20. The summed E-state index contributed by atoms with van der Waals surface area (Å²) >= 11 is 0. The van der Waals surface area contributed by atoms with Crippen LogP contribution in [0.1, 0.15) is 329 Å². The first kappa shape index (κ1) is 78.8. The second-order valence-corrected chi connectivity index (χ2v) is 23.1. The molecule has 0 saturated heterocycles. The first-order chi connectivity index (χ1) is 41.0. The van der Waals surface area contributed by atoms with Gasteiger partial charge in [0.05, 0.1) is 0 Å². The van der Waals surface area contributed by atoms with E-state index >= 15 is 0 Å². The van der Waals surface area contributed by atoms with E-state index in [-0.39, 0.29) is 31.1 Å². The minimum atomic E-state index is -0.789. The van der Waals surface area contributed by atoms with Gasteiger partial charge in [-0.3, -0.25) is 14.4 Å². The van der Waals surface area contributed by atoms with E-state index in [1.807, 2.05) is 0 Å². The Balaban J connectivity index is 4.29. The molecule has 1 atom stereocenters. The molecule has 0 bridgehead atoms. The summed E-state index contributed by atoms with van der Waals surface area (Å²) in [4.78, 5) is 38.3. The summed E-state index contributed by atoms with van der Waals surface area (Å²) in [6.07, 6.45) is 97.9. The topological polar surface area (TPSA) is 78.9 Å². The lowest BCUT2D eigenvalue weighted by Gasteiger charge is -2.18. The third kappa shape index (κ3) is 68.5. The molecule has 1 unspecified atom stereocenters. The normalized spacial score (nSPS) is 12.9. The Morgan fingerprint density at radius 3 is 0.747 bits per heavy atom. The van der Waals surface area contributed by atoms with Crippen molar-refractivity contribution in [3.05, 3.63) is 122 Å². The molecule has 0 rings (SSSR count). The van der Waals surface area contributed by atoms with Gasteiger partial charge in [-0.15, -0.1) is 0 Å². The van der Waals surface area contributed by atoms with Crippen molar-refractivity contribution < 1.29 is 28.6 Å². The molecule has 0 saturated carbocycles. The van der Waals surface area contributed by atoms with Crippen LogP contribution in [0.15, 0.2) is 122 Å². The van der Waals surface area contributed by atoms with Crippen molar-refractivity contribution >= 4 is 17.9 Å². The van der Waals surface area contributed by atoms with Gasteiger partial charge in [-0.05, 0) is 116 Å². The third-order valence-corrected chi connectivity index (χ3v) is 15.0. The molecular formula is C77H130O6. The van der Waals surface area contributed by atoms with Crippen LogP contribution in [-0.2, 0) is 28.6 Å². The van der Waals surface area contributed by atoms with Crippen molar-refractivity contribution in [2.75, 3.05) is 13.2 Å². The van der Waals surface area contributed by atoms with Crippen LogP contribution >= 0.6 is 0 Å². The van der Waals surface area contributed by atoms with Gasteiger partial charge < -0.3 is 14.2 Å². The summed E-state index contributed by atoms with van der Waals surface area (Å²) in [5, 5.41) is 0. The highest BCUT2D eigenvalue weighted by molar-refractivity contribution is 5.71. The smallest absolute Gasteiger partial charge is 0.306 e. The fourth-order valence-electron chi connectivity index (χ4n) is 9.73. The summed E-state index contributed by atoms with van der Waals surface area (Å²) in [7, 11) is 0. The van der Waals surface area contributed by atoms with Crippen LogP contribution in [0.4, 0.5) is 0 Å². The van der Waals surface area contributed by atoms with Crippen LogP contribution in [0.3, 0.4) is 0 Å². The maximum atomic E-state index is 12.9. The summed E-state index contributed by atoms with van der Waals surface area (Å²) in [5.41, 5.74) is 0. The van der Waals surface area contributed by atoms with Gasteiger partial charge in [0, 0.05) is 19.3 Å². The molecule has 0 N–H and O–H groups in total. The van der Waals surface area contributed by atoms with E-state index in [0.29, 0.717) is 19.3 Å². The summed E-state index contributed by atoms with van der Waals surface area (Å²) in [6.45, 7) is 6.53. The molecule has 0 amide bonds. The first-order valence-electron chi connectivity index (χ1n) is 35.0. The maximum absolute atomic E-state index is 12.9. The molecule has 0 aromatic carbocycles. The minimum Gasteiger partial charge on any atom is -0.462 e. The number of rotatable bonds is 63. The zero-order chi connectivity index (χ0) is 59.9. The highest BCUT2D eigenvalue weighted by atomic mass is 16.6. The lowest BCUT2D eigenvalue weighted by molar-refractivity contribution is -0.167. The van der Waals surface area contributed by atoms with Gasteiger partial charge in [-0.25, -0.2) is 0 Å². The molecule has 0 aliphatic rings. The first-order valence-corrected chi connectivity index (χ1v) is 35.0. The number of ether oxygens (including phenoxy) is 3. The zero-order valence-electron chi connectivity index (χ0n) is 54.4. The Morgan fingerprint density at radius 2 is 0.470 bits per heavy atom. The lowest BCUT2D eigenvalue weighted by atomic mass is 10.1. The summed E-state index contributed by atoms with van der Waals surface area (Å²) in [5.74, 6) is -0.896. The average Bonchev–Trinajstić information content (AvgIpc) is 3.48. The molecule has 6 heteroatoms. The fourth-order valence-corrected chi connectivity index (χ4v) is 9.73. The molecule has 83 heavy (non-hydrogen) atoms. The van der Waals surface area contributed by atoms with Crippen LogP contribution in [0, 0.1) is 0 Å². The van der Waals surface area contributed by atoms with E-state index in [1.165, 1.54) is 154 Å². The van der Waals surface area contributed by atoms with Crippen molar-refractivity contribution in [2.45, 2.75) is 335 Å². The molecule has 0 radical (unpaired) electrons. The Bertz CT molecular complexity index is 1700. The number of hydrogen-bond donors (Lipinski definition) is 0. The predicted molar refractivity (Wildman–Crippen MR) is 362 cm³/mol. The van der Waals surface area contributed by atoms with Crippen LogP contribution in [0.25, 0.3) is 0 Å². The zero-order valence-corrected chi connectivity index (χ0v) is 54.4. The molecule has 0 aromatic heterocycles. The van der Waals surface area contributed by atoms with Gasteiger partial charge in [0.25, 0.3) is 0 Å². The van der Waals surface area contributed by atoms with Crippen LogP contribution in [0.2, 0.25) is 0 Å². The van der Waals surface area contributed by atoms with E-state index in [9.17, 15) is 14.4 Å². The minimum absolute atomic E-state index is 0.0835. The Kier molecular flexibility index (Phi) is 66.7. The van der Waals surface area contributed by atoms with Crippen LogP contribution in [0.5, 0.6) is 0 Å². The van der Waals surface area contributed by atoms with Gasteiger partial charge in [-0.2, -0.15) is 0 Å². The van der Waals surface area contributed by atoms with Crippen molar-refractivity contribution in [1.82, 2.24) is 0 Å². The highest BCUT2D eigenvalue weighted by Crippen LogP contribution is 2.16. The Hall–Kier alpha value is -4.19. The molecule has 6 nitrogen and oxygen atoms in total. The summed E-state index contributed by atoms with van der Waals surface area (Å²) < 4.78 is 16.9. The van der Waals surface area contributed by atoms with Crippen LogP contribution < -0.4 is 0 Å². The van der Waals surface area contributed by atoms with E-state index in [2.05, 4.69) is 142 Å². The average molecular weight is 1150 g/mol. The molecule has 474 valence electrons. The number of carbonyl (C=O) groups excluding carboxylic acids is 3. The van der Waals surface area contributed by atoms with Gasteiger partial charge in [-0.1, -0.05) is 316 Å². The van der Waals surface area contributed by atoms with E-state index < -0.39 is 6.10 Å². The second-order valence-electron chi connectivity index (χ2n) is 23.1.